The average molecular weight is 413 g/mol. The SMILES string of the molecule is CC(=O)Nc1ccc(C(=O)N2CC3C(C2)C3NCC(=O)N2C[C@@H](F)C[C@H]2C#N)cc1. The van der Waals surface area contributed by atoms with Crippen LogP contribution in [0.25, 0.3) is 0 Å². The van der Waals surface area contributed by atoms with Gasteiger partial charge in [0, 0.05) is 43.7 Å². The molecule has 4 rings (SSSR count). The van der Waals surface area contributed by atoms with Crippen LogP contribution in [0.1, 0.15) is 23.7 Å². The third-order valence-corrected chi connectivity index (χ3v) is 6.14. The van der Waals surface area contributed by atoms with Crippen LogP contribution >= 0.6 is 0 Å². The molecular weight excluding hydrogens is 389 g/mol. The summed E-state index contributed by atoms with van der Waals surface area (Å²) < 4.78 is 13.5. The van der Waals surface area contributed by atoms with Crippen molar-refractivity contribution in [3.8, 4) is 6.07 Å². The number of hydrogen-bond donors (Lipinski definition) is 2. The monoisotopic (exact) mass is 413 g/mol. The van der Waals surface area contributed by atoms with E-state index in [9.17, 15) is 18.8 Å². The summed E-state index contributed by atoms with van der Waals surface area (Å²) in [5, 5.41) is 15.0. The number of hydrogen-bond acceptors (Lipinski definition) is 5. The predicted molar refractivity (Wildman–Crippen MR) is 106 cm³/mol. The lowest BCUT2D eigenvalue weighted by molar-refractivity contribution is -0.130. The Kier molecular flexibility index (Phi) is 5.43. The van der Waals surface area contributed by atoms with Crippen LogP contribution in [0.2, 0.25) is 0 Å². The van der Waals surface area contributed by atoms with E-state index in [2.05, 4.69) is 10.6 Å². The van der Waals surface area contributed by atoms with Crippen LogP contribution in [0.5, 0.6) is 0 Å². The van der Waals surface area contributed by atoms with Crippen molar-refractivity contribution in [2.75, 3.05) is 31.5 Å². The summed E-state index contributed by atoms with van der Waals surface area (Å²) in [6.07, 6.45) is -1.05. The number of alkyl halides is 1. The first-order valence-electron chi connectivity index (χ1n) is 10.1. The highest BCUT2D eigenvalue weighted by Crippen LogP contribution is 2.45. The van der Waals surface area contributed by atoms with Gasteiger partial charge in [-0.3, -0.25) is 14.4 Å². The number of halogens is 1. The summed E-state index contributed by atoms with van der Waals surface area (Å²) >= 11 is 0. The summed E-state index contributed by atoms with van der Waals surface area (Å²) in [6, 6.07) is 8.29. The molecule has 0 aromatic heterocycles. The van der Waals surface area contributed by atoms with E-state index in [-0.39, 0.29) is 43.3 Å². The second-order valence-electron chi connectivity index (χ2n) is 8.23. The number of anilines is 1. The number of carbonyl (C=O) groups is 3. The van der Waals surface area contributed by atoms with Crippen LogP contribution in [0.4, 0.5) is 10.1 Å². The molecule has 3 aliphatic rings. The second-order valence-corrected chi connectivity index (χ2v) is 8.23. The van der Waals surface area contributed by atoms with Crippen molar-refractivity contribution < 1.29 is 18.8 Å². The summed E-state index contributed by atoms with van der Waals surface area (Å²) in [5.41, 5.74) is 1.22. The van der Waals surface area contributed by atoms with E-state index in [0.717, 1.165) is 0 Å². The number of nitrogens with one attached hydrogen (secondary N) is 2. The molecule has 2 N–H and O–H groups in total. The van der Waals surface area contributed by atoms with E-state index in [1.54, 1.807) is 24.3 Å². The highest BCUT2D eigenvalue weighted by molar-refractivity contribution is 5.95. The lowest BCUT2D eigenvalue weighted by atomic mass is 10.1. The van der Waals surface area contributed by atoms with Gasteiger partial charge < -0.3 is 20.4 Å². The first-order valence-corrected chi connectivity index (χ1v) is 10.1. The summed E-state index contributed by atoms with van der Waals surface area (Å²) in [5.74, 6) is 0.149. The summed E-state index contributed by atoms with van der Waals surface area (Å²) in [6.45, 7) is 2.75. The topological polar surface area (TPSA) is 106 Å². The molecule has 1 saturated carbocycles. The maximum Gasteiger partial charge on any atom is 0.253 e. The third kappa shape index (κ3) is 4.00. The molecule has 30 heavy (non-hydrogen) atoms. The zero-order valence-electron chi connectivity index (χ0n) is 16.7. The second kappa shape index (κ2) is 8.03. The van der Waals surface area contributed by atoms with E-state index in [1.807, 2.05) is 11.0 Å². The minimum absolute atomic E-state index is 0.0146. The Morgan fingerprint density at radius 3 is 2.43 bits per heavy atom. The fourth-order valence-electron chi connectivity index (χ4n) is 4.57. The molecule has 3 fully saturated rings. The van der Waals surface area contributed by atoms with Gasteiger partial charge in [-0.2, -0.15) is 5.26 Å². The van der Waals surface area contributed by atoms with Crippen molar-refractivity contribution >= 4 is 23.4 Å². The third-order valence-electron chi connectivity index (χ3n) is 6.14. The number of likely N-dealkylation sites (tertiary alicyclic amines) is 2. The molecule has 2 aliphatic heterocycles. The maximum atomic E-state index is 13.5. The van der Waals surface area contributed by atoms with E-state index >= 15 is 0 Å². The van der Waals surface area contributed by atoms with Gasteiger partial charge >= 0.3 is 0 Å². The molecule has 158 valence electrons. The molecule has 0 bridgehead atoms. The summed E-state index contributed by atoms with van der Waals surface area (Å²) in [7, 11) is 0. The Morgan fingerprint density at radius 1 is 1.17 bits per heavy atom. The highest BCUT2D eigenvalue weighted by Gasteiger charge is 2.56. The Labute approximate surface area is 174 Å². The van der Waals surface area contributed by atoms with Gasteiger partial charge in [0.2, 0.25) is 11.8 Å². The first kappa shape index (κ1) is 20.3. The number of fused-ring (bicyclic) bond motifs is 1. The zero-order chi connectivity index (χ0) is 21.4. The number of benzene rings is 1. The molecule has 3 amide bonds. The fourth-order valence-corrected chi connectivity index (χ4v) is 4.57. The van der Waals surface area contributed by atoms with E-state index in [1.165, 1.54) is 11.8 Å². The molecule has 0 spiro atoms. The Morgan fingerprint density at radius 2 is 1.83 bits per heavy atom. The molecule has 2 unspecified atom stereocenters. The standard InChI is InChI=1S/C21H24FN5O3/c1-12(28)25-15-4-2-13(3-5-15)21(30)26-10-17-18(11-26)20(17)24-8-19(29)27-9-14(22)6-16(27)7-23/h2-5,14,16-18,20,24H,6,8-11H2,1H3,(H,25,28)/t14-,16-,17?,18?,20?/m0/s1. The van der Waals surface area contributed by atoms with Gasteiger partial charge in [0.1, 0.15) is 12.2 Å². The van der Waals surface area contributed by atoms with Crippen LogP contribution in [0.15, 0.2) is 24.3 Å². The molecular formula is C21H24FN5O3. The molecule has 1 aromatic carbocycles. The molecule has 0 radical (unpaired) electrons. The predicted octanol–water partition coefficient (Wildman–Crippen LogP) is 0.768. The number of rotatable bonds is 5. The van der Waals surface area contributed by atoms with Crippen molar-refractivity contribution in [2.45, 2.75) is 31.6 Å². The van der Waals surface area contributed by atoms with Crippen LogP contribution < -0.4 is 10.6 Å². The lowest BCUT2D eigenvalue weighted by Gasteiger charge is -2.22. The van der Waals surface area contributed by atoms with Crippen LogP contribution in [-0.2, 0) is 9.59 Å². The maximum absolute atomic E-state index is 13.5. The van der Waals surface area contributed by atoms with Crippen molar-refractivity contribution in [3.63, 3.8) is 0 Å². The number of piperidine rings is 1. The van der Waals surface area contributed by atoms with Gasteiger partial charge in [-0.05, 0) is 36.1 Å². The van der Waals surface area contributed by atoms with Crippen LogP contribution in [0.3, 0.4) is 0 Å². The van der Waals surface area contributed by atoms with Crippen LogP contribution in [-0.4, -0.2) is 72.0 Å². The zero-order valence-corrected chi connectivity index (χ0v) is 16.7. The van der Waals surface area contributed by atoms with E-state index < -0.39 is 12.2 Å². The van der Waals surface area contributed by atoms with Gasteiger partial charge in [-0.15, -0.1) is 0 Å². The Hall–Kier alpha value is -2.99. The van der Waals surface area contributed by atoms with Crippen molar-refractivity contribution in [2.24, 2.45) is 11.8 Å². The molecule has 1 aromatic rings. The van der Waals surface area contributed by atoms with Gasteiger partial charge in [0.05, 0.1) is 19.2 Å². The minimum atomic E-state index is -1.13. The van der Waals surface area contributed by atoms with Gasteiger partial charge in [-0.1, -0.05) is 0 Å². The molecule has 4 atom stereocenters. The quantitative estimate of drug-likeness (QED) is 0.742. The lowest BCUT2D eigenvalue weighted by Crippen LogP contribution is -2.43. The molecule has 2 saturated heterocycles. The normalized spacial score (nSPS) is 29.3. The van der Waals surface area contributed by atoms with Crippen molar-refractivity contribution in [1.29, 1.82) is 5.26 Å². The highest BCUT2D eigenvalue weighted by atomic mass is 19.1. The number of carbonyl (C=O) groups excluding carboxylic acids is 3. The Bertz CT molecular complexity index is 887. The number of nitrogens with zero attached hydrogens (tertiary/aromatic N) is 3. The minimum Gasteiger partial charge on any atom is -0.338 e. The fraction of sp³-hybridized carbons (Fsp3) is 0.524. The molecule has 8 nitrogen and oxygen atoms in total. The van der Waals surface area contributed by atoms with Crippen molar-refractivity contribution in [1.82, 2.24) is 15.1 Å². The van der Waals surface area contributed by atoms with Crippen LogP contribution in [0, 0.1) is 23.2 Å². The smallest absolute Gasteiger partial charge is 0.253 e. The average Bonchev–Trinajstić information content (AvgIpc) is 3.05. The molecule has 2 heterocycles. The molecule has 1 aliphatic carbocycles. The first-order chi connectivity index (χ1) is 14.4. The number of nitriles is 1. The van der Waals surface area contributed by atoms with E-state index in [4.69, 9.17) is 5.26 Å². The van der Waals surface area contributed by atoms with Gasteiger partial charge in [0.15, 0.2) is 0 Å². The summed E-state index contributed by atoms with van der Waals surface area (Å²) in [4.78, 5) is 39.2. The Balaban J connectivity index is 1.24. The number of amides is 3. The van der Waals surface area contributed by atoms with Crippen molar-refractivity contribution in [3.05, 3.63) is 29.8 Å². The largest absolute Gasteiger partial charge is 0.338 e. The van der Waals surface area contributed by atoms with Gasteiger partial charge in [-0.25, -0.2) is 4.39 Å². The van der Waals surface area contributed by atoms with E-state index in [0.29, 0.717) is 36.2 Å². The van der Waals surface area contributed by atoms with Gasteiger partial charge in [0.25, 0.3) is 5.91 Å². The molecule has 9 heteroatoms.